The van der Waals surface area contributed by atoms with Crippen molar-refractivity contribution >= 4 is 52.3 Å². The van der Waals surface area contributed by atoms with Gasteiger partial charge in [0.2, 0.25) is 5.91 Å². The second-order valence-electron chi connectivity index (χ2n) is 11.3. The lowest BCUT2D eigenvalue weighted by molar-refractivity contribution is -0.120. The van der Waals surface area contributed by atoms with Crippen LogP contribution in [-0.2, 0) is 20.8 Å². The van der Waals surface area contributed by atoms with E-state index in [0.717, 1.165) is 0 Å². The molecule has 3 aromatic rings. The molecule has 240 valence electrons. The summed E-state index contributed by atoms with van der Waals surface area (Å²) in [6, 6.07) is 8.10. The fourth-order valence-electron chi connectivity index (χ4n) is 4.62. The zero-order valence-corrected chi connectivity index (χ0v) is 25.5. The van der Waals surface area contributed by atoms with Crippen molar-refractivity contribution in [3.8, 4) is 0 Å². The van der Waals surface area contributed by atoms with E-state index in [2.05, 4.69) is 26.3 Å². The van der Waals surface area contributed by atoms with Crippen molar-refractivity contribution < 1.29 is 37.4 Å². The standard InChI is InChI=1S/C30H33ClF2N6O6/c1-30(2,3)45-28(42)36-14-25(40)37-21-11-22(39(15-21)27(41)35-13-18-5-4-6-23(33)26(18)31)16-44-29(43)38-24-10-19-9-20(32)8-7-17(19)12-34-24/h4-10,12,21-22H,11,13-16H2,1-3H3,(H,35,41)(H,36,42)(H,37,40)(H,34,38,43)/t21-,22+/m1/s1. The summed E-state index contributed by atoms with van der Waals surface area (Å²) in [4.78, 5) is 55.7. The lowest BCUT2D eigenvalue weighted by Crippen LogP contribution is -2.46. The van der Waals surface area contributed by atoms with Gasteiger partial charge in [0, 0.05) is 30.7 Å². The van der Waals surface area contributed by atoms with E-state index in [4.69, 9.17) is 21.1 Å². The number of amides is 5. The predicted octanol–water partition coefficient (Wildman–Crippen LogP) is 4.71. The maximum Gasteiger partial charge on any atom is 0.412 e. The number of aromatic nitrogens is 1. The summed E-state index contributed by atoms with van der Waals surface area (Å²) in [5.41, 5.74) is -0.380. The molecule has 2 heterocycles. The maximum atomic E-state index is 13.9. The fourth-order valence-corrected chi connectivity index (χ4v) is 4.82. The van der Waals surface area contributed by atoms with E-state index < -0.39 is 53.4 Å². The third kappa shape index (κ3) is 9.63. The number of likely N-dealkylation sites (tertiary alicyclic amines) is 1. The maximum absolute atomic E-state index is 13.9. The highest BCUT2D eigenvalue weighted by atomic mass is 35.5. The average Bonchev–Trinajstić information content (AvgIpc) is 3.37. The van der Waals surface area contributed by atoms with Gasteiger partial charge in [0.25, 0.3) is 0 Å². The number of anilines is 1. The molecule has 1 aliphatic rings. The summed E-state index contributed by atoms with van der Waals surface area (Å²) in [5, 5.41) is 11.4. The Morgan fingerprint density at radius 3 is 2.58 bits per heavy atom. The van der Waals surface area contributed by atoms with Crippen LogP contribution in [0, 0.1) is 11.6 Å². The van der Waals surface area contributed by atoms with Gasteiger partial charge >= 0.3 is 18.2 Å². The van der Waals surface area contributed by atoms with Crippen LogP contribution in [0.2, 0.25) is 5.02 Å². The van der Waals surface area contributed by atoms with Crippen LogP contribution in [0.5, 0.6) is 0 Å². The van der Waals surface area contributed by atoms with E-state index in [1.807, 2.05) is 0 Å². The first-order valence-electron chi connectivity index (χ1n) is 14.0. The highest BCUT2D eigenvalue weighted by molar-refractivity contribution is 6.31. The number of pyridine rings is 1. The number of nitrogens with one attached hydrogen (secondary N) is 4. The molecule has 0 spiro atoms. The number of nitrogens with zero attached hydrogens (tertiary/aromatic N) is 2. The Morgan fingerprint density at radius 1 is 1.04 bits per heavy atom. The molecule has 0 saturated carbocycles. The lowest BCUT2D eigenvalue weighted by atomic mass is 10.2. The van der Waals surface area contributed by atoms with Crippen molar-refractivity contribution in [2.75, 3.05) is 25.0 Å². The zero-order chi connectivity index (χ0) is 32.7. The Kier molecular flexibility index (Phi) is 10.6. The van der Waals surface area contributed by atoms with Crippen LogP contribution >= 0.6 is 11.6 Å². The van der Waals surface area contributed by atoms with Gasteiger partial charge in [-0.05, 0) is 68.5 Å². The topological polar surface area (TPSA) is 151 Å². The number of rotatable bonds is 8. The molecular formula is C30H33ClF2N6O6. The molecule has 4 N–H and O–H groups in total. The van der Waals surface area contributed by atoms with Gasteiger partial charge in [0.05, 0.1) is 11.1 Å². The minimum Gasteiger partial charge on any atom is -0.447 e. The monoisotopic (exact) mass is 646 g/mol. The van der Waals surface area contributed by atoms with Crippen LogP contribution in [0.25, 0.3) is 10.8 Å². The molecule has 1 saturated heterocycles. The molecule has 0 unspecified atom stereocenters. The number of ether oxygens (including phenoxy) is 2. The van der Waals surface area contributed by atoms with Crippen LogP contribution < -0.4 is 21.3 Å². The van der Waals surface area contributed by atoms with E-state index >= 15 is 0 Å². The molecule has 12 nitrogen and oxygen atoms in total. The summed E-state index contributed by atoms with van der Waals surface area (Å²) in [6.45, 7) is 4.44. The Labute approximate surface area is 262 Å². The highest BCUT2D eigenvalue weighted by Gasteiger charge is 2.37. The number of carbonyl (C=O) groups is 4. The molecule has 2 atom stereocenters. The van der Waals surface area contributed by atoms with Crippen molar-refractivity contribution in [3.63, 3.8) is 0 Å². The predicted molar refractivity (Wildman–Crippen MR) is 162 cm³/mol. The first-order chi connectivity index (χ1) is 21.3. The van der Waals surface area contributed by atoms with Crippen molar-refractivity contribution in [2.24, 2.45) is 0 Å². The smallest absolute Gasteiger partial charge is 0.412 e. The number of carbonyl (C=O) groups excluding carboxylic acids is 4. The van der Waals surface area contributed by atoms with Crippen molar-refractivity contribution in [1.29, 1.82) is 0 Å². The van der Waals surface area contributed by atoms with E-state index in [9.17, 15) is 28.0 Å². The largest absolute Gasteiger partial charge is 0.447 e. The molecule has 45 heavy (non-hydrogen) atoms. The number of alkyl carbamates (subject to hydrolysis) is 1. The Hall–Kier alpha value is -4.72. The SMILES string of the molecule is CC(C)(C)OC(=O)NCC(=O)N[C@@H]1C[C@@H](COC(=O)Nc2cc3cc(F)ccc3cn2)N(C(=O)NCc2cccc(F)c2Cl)C1. The second kappa shape index (κ2) is 14.4. The number of benzene rings is 2. The van der Waals surface area contributed by atoms with Crippen LogP contribution in [0.15, 0.2) is 48.7 Å². The Bertz CT molecular complexity index is 1590. The van der Waals surface area contributed by atoms with Gasteiger partial charge in [0.1, 0.15) is 36.2 Å². The summed E-state index contributed by atoms with van der Waals surface area (Å²) >= 11 is 6.01. The van der Waals surface area contributed by atoms with Gasteiger partial charge in [-0.2, -0.15) is 0 Å². The molecule has 1 aliphatic heterocycles. The van der Waals surface area contributed by atoms with E-state index in [1.54, 1.807) is 32.9 Å². The summed E-state index contributed by atoms with van der Waals surface area (Å²) < 4.78 is 38.0. The minimum absolute atomic E-state index is 0.0499. The van der Waals surface area contributed by atoms with Gasteiger partial charge in [-0.1, -0.05) is 23.7 Å². The minimum atomic E-state index is -0.862. The first kappa shape index (κ1) is 33.2. The lowest BCUT2D eigenvalue weighted by Gasteiger charge is -2.24. The zero-order valence-electron chi connectivity index (χ0n) is 24.8. The summed E-state index contributed by atoms with van der Waals surface area (Å²) in [5.74, 6) is -1.45. The second-order valence-corrected chi connectivity index (χ2v) is 11.7. The normalized spacial score (nSPS) is 16.2. The Balaban J connectivity index is 1.37. The van der Waals surface area contributed by atoms with E-state index in [-0.39, 0.29) is 43.5 Å². The average molecular weight is 647 g/mol. The van der Waals surface area contributed by atoms with Gasteiger partial charge in [0.15, 0.2) is 0 Å². The number of halogens is 3. The molecule has 0 radical (unpaired) electrons. The van der Waals surface area contributed by atoms with Crippen LogP contribution in [0.3, 0.4) is 0 Å². The summed E-state index contributed by atoms with van der Waals surface area (Å²) in [7, 11) is 0. The number of hydrogen-bond donors (Lipinski definition) is 4. The molecule has 0 aliphatic carbocycles. The fraction of sp³-hybridized carbons (Fsp3) is 0.367. The molecule has 1 fully saturated rings. The third-order valence-electron chi connectivity index (χ3n) is 6.61. The van der Waals surface area contributed by atoms with Crippen LogP contribution in [-0.4, -0.2) is 71.4 Å². The van der Waals surface area contributed by atoms with Crippen molar-refractivity contribution in [2.45, 2.75) is 51.4 Å². The first-order valence-corrected chi connectivity index (χ1v) is 14.4. The quantitative estimate of drug-likeness (QED) is 0.277. The molecule has 5 amide bonds. The molecule has 15 heteroatoms. The van der Waals surface area contributed by atoms with Gasteiger partial charge in [-0.3, -0.25) is 10.1 Å². The molecule has 2 aromatic carbocycles. The molecule has 0 bridgehead atoms. The Morgan fingerprint density at radius 2 is 1.82 bits per heavy atom. The van der Waals surface area contributed by atoms with E-state index in [1.165, 1.54) is 41.4 Å². The van der Waals surface area contributed by atoms with Gasteiger partial charge in [-0.15, -0.1) is 0 Å². The van der Waals surface area contributed by atoms with E-state index in [0.29, 0.717) is 16.3 Å². The van der Waals surface area contributed by atoms with Gasteiger partial charge < -0.3 is 30.3 Å². The third-order valence-corrected chi connectivity index (χ3v) is 7.04. The number of fused-ring (bicyclic) bond motifs is 1. The van der Waals surface area contributed by atoms with Crippen molar-refractivity contribution in [3.05, 3.63) is 70.9 Å². The molecular weight excluding hydrogens is 614 g/mol. The van der Waals surface area contributed by atoms with Crippen LogP contribution in [0.1, 0.15) is 32.8 Å². The van der Waals surface area contributed by atoms with Crippen molar-refractivity contribution in [1.82, 2.24) is 25.8 Å². The van der Waals surface area contributed by atoms with Gasteiger partial charge in [-0.25, -0.2) is 28.1 Å². The number of hydrogen-bond acceptors (Lipinski definition) is 7. The highest BCUT2D eigenvalue weighted by Crippen LogP contribution is 2.22. The molecule has 4 rings (SSSR count). The van der Waals surface area contributed by atoms with Crippen LogP contribution in [0.4, 0.5) is 29.0 Å². The molecule has 1 aromatic heterocycles. The summed E-state index contributed by atoms with van der Waals surface area (Å²) in [6.07, 6.45) is 0.0692. The number of urea groups is 1.